The summed E-state index contributed by atoms with van der Waals surface area (Å²) in [5.41, 5.74) is 0. The molecule has 0 spiro atoms. The van der Waals surface area contributed by atoms with Gasteiger partial charge in [-0.25, -0.2) is 0 Å². The minimum absolute atomic E-state index is 0.0244. The largest absolute Gasteiger partial charge is 0.466 e. The zero-order chi connectivity index (χ0) is 69.1. The third-order valence-electron chi connectivity index (χ3n) is 21.6. The zero-order valence-corrected chi connectivity index (χ0v) is 65.9. The van der Waals surface area contributed by atoms with Crippen LogP contribution in [0.15, 0.2) is 12.2 Å². The van der Waals surface area contributed by atoms with E-state index in [9.17, 15) is 19.8 Å². The van der Waals surface area contributed by atoms with Crippen molar-refractivity contribution in [2.24, 2.45) is 0 Å². The van der Waals surface area contributed by atoms with Gasteiger partial charge in [-0.1, -0.05) is 475 Å². The summed E-state index contributed by atoms with van der Waals surface area (Å²) >= 11 is 0. The van der Waals surface area contributed by atoms with Crippen molar-refractivity contribution in [1.29, 1.82) is 0 Å². The highest BCUT2D eigenvalue weighted by atomic mass is 16.5. The van der Waals surface area contributed by atoms with Crippen LogP contribution in [0.4, 0.5) is 0 Å². The molecule has 572 valence electrons. The molecule has 0 radical (unpaired) electrons. The first-order valence-electron chi connectivity index (χ1n) is 44.9. The van der Waals surface area contributed by atoms with Crippen molar-refractivity contribution < 1.29 is 24.5 Å². The van der Waals surface area contributed by atoms with E-state index < -0.39 is 12.1 Å². The van der Waals surface area contributed by atoms with Crippen LogP contribution in [0, 0.1) is 0 Å². The Morgan fingerprint density at radius 3 is 0.740 bits per heavy atom. The summed E-state index contributed by atoms with van der Waals surface area (Å²) < 4.78 is 5.53. The smallest absolute Gasteiger partial charge is 0.305 e. The standard InChI is InChI=1S/C90H177NO5/c1-3-5-7-9-11-13-15-17-19-21-23-43-47-50-54-58-62-66-70-74-78-82-88(93)87(86-92)91-89(94)83-79-75-71-67-63-59-55-51-48-44-41-39-37-35-33-31-29-27-25-24-26-28-30-32-34-36-38-40-42-45-49-53-57-61-65-69-73-77-81-85-96-90(95)84-80-76-72-68-64-60-56-52-46-22-20-18-16-14-12-10-8-6-4-2/h24-25,87-88,92-93H,3-23,26-86H2,1-2H3,(H,91,94)/b25-24-. The molecule has 2 unspecified atom stereocenters. The Labute approximate surface area is 603 Å². The van der Waals surface area contributed by atoms with Crippen molar-refractivity contribution in [3.8, 4) is 0 Å². The molecule has 0 aliphatic rings. The average molecular weight is 1350 g/mol. The molecule has 6 nitrogen and oxygen atoms in total. The lowest BCUT2D eigenvalue weighted by Gasteiger charge is -2.22. The van der Waals surface area contributed by atoms with Crippen LogP contribution in [0.25, 0.3) is 0 Å². The van der Waals surface area contributed by atoms with Gasteiger partial charge < -0.3 is 20.3 Å². The van der Waals surface area contributed by atoms with E-state index in [2.05, 4.69) is 31.3 Å². The fourth-order valence-corrected chi connectivity index (χ4v) is 14.8. The van der Waals surface area contributed by atoms with Gasteiger partial charge in [0, 0.05) is 12.8 Å². The molecule has 0 aliphatic heterocycles. The van der Waals surface area contributed by atoms with Crippen LogP contribution in [0.3, 0.4) is 0 Å². The number of carbonyl (C=O) groups is 2. The fourth-order valence-electron chi connectivity index (χ4n) is 14.8. The van der Waals surface area contributed by atoms with Crippen molar-refractivity contribution in [3.05, 3.63) is 12.2 Å². The molecule has 0 aromatic rings. The van der Waals surface area contributed by atoms with Crippen molar-refractivity contribution in [1.82, 2.24) is 5.32 Å². The highest BCUT2D eigenvalue weighted by Gasteiger charge is 2.20. The zero-order valence-electron chi connectivity index (χ0n) is 65.9. The van der Waals surface area contributed by atoms with E-state index in [1.165, 1.54) is 456 Å². The summed E-state index contributed by atoms with van der Waals surface area (Å²) in [5.74, 6) is 0.00447. The van der Waals surface area contributed by atoms with Crippen LogP contribution in [0.1, 0.15) is 528 Å². The molecule has 0 bridgehead atoms. The van der Waals surface area contributed by atoms with E-state index in [4.69, 9.17) is 4.74 Å². The third kappa shape index (κ3) is 81.6. The molecule has 0 aromatic heterocycles. The number of unbranched alkanes of at least 4 members (excludes halogenated alkanes) is 73. The van der Waals surface area contributed by atoms with Gasteiger partial charge in [0.2, 0.25) is 5.91 Å². The summed E-state index contributed by atoms with van der Waals surface area (Å²) in [6.45, 7) is 5.03. The third-order valence-corrected chi connectivity index (χ3v) is 21.6. The van der Waals surface area contributed by atoms with E-state index >= 15 is 0 Å². The minimum atomic E-state index is -0.662. The normalized spacial score (nSPS) is 12.4. The molecule has 0 aromatic carbocycles. The summed E-state index contributed by atoms with van der Waals surface area (Å²) in [7, 11) is 0. The number of rotatable bonds is 86. The number of aliphatic hydroxyl groups excluding tert-OH is 2. The van der Waals surface area contributed by atoms with E-state index in [1.54, 1.807) is 0 Å². The molecule has 6 heteroatoms. The SMILES string of the molecule is CCCCCCCCCCCCCCCCCCCCCCCC(O)C(CO)NC(=O)CCCCCCCCCCCCCCCCCCC/C=C\CCCCCCCCCCCCCCCCCCCCOC(=O)CCCCCCCCCCCCCCCCCCCCC. The molecule has 0 rings (SSSR count). The van der Waals surface area contributed by atoms with Crippen molar-refractivity contribution in [3.63, 3.8) is 0 Å². The fraction of sp³-hybridized carbons (Fsp3) is 0.956. The molecule has 0 saturated heterocycles. The number of allylic oxidation sites excluding steroid dienone is 2. The van der Waals surface area contributed by atoms with Crippen LogP contribution in [0.2, 0.25) is 0 Å². The number of esters is 1. The maximum absolute atomic E-state index is 12.6. The van der Waals surface area contributed by atoms with Crippen LogP contribution in [0.5, 0.6) is 0 Å². The van der Waals surface area contributed by atoms with Crippen molar-refractivity contribution in [2.45, 2.75) is 540 Å². The molecule has 3 N–H and O–H groups in total. The van der Waals surface area contributed by atoms with Gasteiger partial charge in [0.15, 0.2) is 0 Å². The maximum atomic E-state index is 12.6. The van der Waals surface area contributed by atoms with Gasteiger partial charge in [0.25, 0.3) is 0 Å². The molecule has 0 aliphatic carbocycles. The second-order valence-corrected chi connectivity index (χ2v) is 31.3. The Balaban J connectivity index is 3.31. The number of amides is 1. The number of nitrogens with one attached hydrogen (secondary N) is 1. The summed E-state index contributed by atoms with van der Waals surface area (Å²) in [6, 6.07) is -0.539. The Morgan fingerprint density at radius 2 is 0.490 bits per heavy atom. The van der Waals surface area contributed by atoms with Gasteiger partial charge in [0.05, 0.1) is 25.4 Å². The Bertz CT molecular complexity index is 1470. The van der Waals surface area contributed by atoms with E-state index in [1.807, 2.05) is 0 Å². The van der Waals surface area contributed by atoms with Crippen LogP contribution in [-0.4, -0.2) is 47.4 Å². The lowest BCUT2D eigenvalue weighted by atomic mass is 10.0. The number of hydrogen-bond donors (Lipinski definition) is 3. The van der Waals surface area contributed by atoms with Crippen LogP contribution in [-0.2, 0) is 14.3 Å². The van der Waals surface area contributed by atoms with Gasteiger partial charge in [-0.2, -0.15) is 0 Å². The summed E-state index contributed by atoms with van der Waals surface area (Å²) in [4.78, 5) is 24.7. The average Bonchev–Trinajstić information content (AvgIpc) is 3.72. The molecule has 0 saturated carbocycles. The first kappa shape index (κ1) is 94.6. The lowest BCUT2D eigenvalue weighted by molar-refractivity contribution is -0.143. The van der Waals surface area contributed by atoms with Crippen LogP contribution < -0.4 is 5.32 Å². The number of carbonyl (C=O) groups excluding carboxylic acids is 2. The molecule has 96 heavy (non-hydrogen) atoms. The minimum Gasteiger partial charge on any atom is -0.466 e. The molecule has 2 atom stereocenters. The van der Waals surface area contributed by atoms with Crippen molar-refractivity contribution in [2.75, 3.05) is 13.2 Å². The van der Waals surface area contributed by atoms with E-state index in [0.29, 0.717) is 25.9 Å². The lowest BCUT2D eigenvalue weighted by Crippen LogP contribution is -2.45. The van der Waals surface area contributed by atoms with Crippen LogP contribution >= 0.6 is 0 Å². The Morgan fingerprint density at radius 1 is 0.281 bits per heavy atom. The maximum Gasteiger partial charge on any atom is 0.305 e. The molecule has 0 heterocycles. The molecule has 0 fully saturated rings. The second-order valence-electron chi connectivity index (χ2n) is 31.3. The summed E-state index contributed by atoms with van der Waals surface area (Å²) in [5, 5.41) is 23.5. The highest BCUT2D eigenvalue weighted by molar-refractivity contribution is 5.76. The summed E-state index contributed by atoms with van der Waals surface area (Å²) in [6.07, 6.45) is 111. The number of aliphatic hydroxyl groups is 2. The first-order chi connectivity index (χ1) is 47.5. The molecular weight excluding hydrogens is 1170 g/mol. The quantitative estimate of drug-likeness (QED) is 0.0320. The van der Waals surface area contributed by atoms with Gasteiger partial charge in [-0.05, 0) is 51.4 Å². The number of hydrogen-bond acceptors (Lipinski definition) is 5. The topological polar surface area (TPSA) is 95.9 Å². The predicted octanol–water partition coefficient (Wildman–Crippen LogP) is 30.2. The monoisotopic (exact) mass is 1350 g/mol. The number of ether oxygens (including phenoxy) is 1. The van der Waals surface area contributed by atoms with Gasteiger partial charge in [0.1, 0.15) is 0 Å². The van der Waals surface area contributed by atoms with Gasteiger partial charge in [-0.3, -0.25) is 9.59 Å². The first-order valence-corrected chi connectivity index (χ1v) is 44.9. The molecule has 1 amide bonds. The second kappa shape index (κ2) is 86.0. The van der Waals surface area contributed by atoms with E-state index in [0.717, 1.165) is 38.5 Å². The predicted molar refractivity (Wildman–Crippen MR) is 426 cm³/mol. The highest BCUT2D eigenvalue weighted by Crippen LogP contribution is 2.21. The Hall–Kier alpha value is -1.40. The van der Waals surface area contributed by atoms with Crippen molar-refractivity contribution >= 4 is 11.9 Å². The van der Waals surface area contributed by atoms with Gasteiger partial charge in [-0.15, -0.1) is 0 Å². The van der Waals surface area contributed by atoms with E-state index in [-0.39, 0.29) is 18.5 Å². The molecular formula is C90H177NO5. The Kier molecular flexibility index (Phi) is 84.8. The van der Waals surface area contributed by atoms with Gasteiger partial charge >= 0.3 is 5.97 Å².